The van der Waals surface area contributed by atoms with Crippen molar-refractivity contribution in [2.45, 2.75) is 52.3 Å². The summed E-state index contributed by atoms with van der Waals surface area (Å²) in [5.74, 6) is 1.90. The van der Waals surface area contributed by atoms with Crippen molar-refractivity contribution in [1.29, 1.82) is 0 Å². The highest BCUT2D eigenvalue weighted by Crippen LogP contribution is 2.29. The van der Waals surface area contributed by atoms with E-state index in [1.54, 1.807) is 6.26 Å². The first-order valence-electron chi connectivity index (χ1n) is 11.0. The maximum absolute atomic E-state index is 12.0. The summed E-state index contributed by atoms with van der Waals surface area (Å²) in [5, 5.41) is 0. The summed E-state index contributed by atoms with van der Waals surface area (Å²) in [4.78, 5) is 23.3. The van der Waals surface area contributed by atoms with Gasteiger partial charge in [0.1, 0.15) is 12.0 Å². The molecule has 2 aromatic rings. The molecule has 3 heterocycles. The van der Waals surface area contributed by atoms with Crippen LogP contribution in [0.4, 0.5) is 5.69 Å². The maximum atomic E-state index is 12.0. The number of piperazine rings is 1. The van der Waals surface area contributed by atoms with E-state index in [0.717, 1.165) is 68.6 Å². The zero-order valence-corrected chi connectivity index (χ0v) is 18.0. The number of hydrogen-bond donors (Lipinski definition) is 0. The molecular weight excluding hydrogens is 380 g/mol. The van der Waals surface area contributed by atoms with E-state index >= 15 is 0 Å². The SMILES string of the molecule is CC(C)Oc1ccccc1N1CCN(Cc2nc(CN3CCCCC3=O)co2)CC1. The summed E-state index contributed by atoms with van der Waals surface area (Å²) in [7, 11) is 0. The first-order valence-corrected chi connectivity index (χ1v) is 11.0. The number of piperidine rings is 1. The third kappa shape index (κ3) is 5.14. The fourth-order valence-electron chi connectivity index (χ4n) is 4.13. The van der Waals surface area contributed by atoms with Crippen LogP contribution in [-0.4, -0.2) is 59.5 Å². The molecule has 1 amide bonds. The highest BCUT2D eigenvalue weighted by Gasteiger charge is 2.23. The largest absolute Gasteiger partial charge is 0.489 e. The lowest BCUT2D eigenvalue weighted by molar-refractivity contribution is -0.133. The minimum atomic E-state index is 0.159. The summed E-state index contributed by atoms with van der Waals surface area (Å²) in [6, 6.07) is 8.27. The van der Waals surface area contributed by atoms with Gasteiger partial charge in [-0.15, -0.1) is 0 Å². The van der Waals surface area contributed by atoms with Gasteiger partial charge in [-0.2, -0.15) is 0 Å². The minimum absolute atomic E-state index is 0.159. The molecule has 2 fully saturated rings. The average Bonchev–Trinajstić information content (AvgIpc) is 3.17. The molecule has 7 nitrogen and oxygen atoms in total. The molecule has 162 valence electrons. The van der Waals surface area contributed by atoms with Crippen molar-refractivity contribution in [2.24, 2.45) is 0 Å². The summed E-state index contributed by atoms with van der Waals surface area (Å²) < 4.78 is 11.7. The molecule has 4 rings (SSSR count). The van der Waals surface area contributed by atoms with E-state index in [1.807, 2.05) is 17.0 Å². The van der Waals surface area contributed by atoms with Gasteiger partial charge in [-0.25, -0.2) is 4.98 Å². The van der Waals surface area contributed by atoms with E-state index in [-0.39, 0.29) is 12.0 Å². The number of likely N-dealkylation sites (tertiary alicyclic amines) is 1. The van der Waals surface area contributed by atoms with Crippen molar-refractivity contribution in [3.8, 4) is 5.75 Å². The van der Waals surface area contributed by atoms with Crippen LogP contribution in [0.25, 0.3) is 0 Å². The van der Waals surface area contributed by atoms with Crippen LogP contribution in [0.1, 0.15) is 44.7 Å². The molecule has 7 heteroatoms. The second kappa shape index (κ2) is 9.51. The standard InChI is InChI=1S/C23H32N4O3/c1-18(2)30-21-8-4-3-7-20(21)26-13-11-25(12-14-26)16-22-24-19(17-29-22)15-27-10-6-5-9-23(27)28/h3-4,7-8,17-18H,5-6,9-16H2,1-2H3. The van der Waals surface area contributed by atoms with Crippen LogP contribution in [0.5, 0.6) is 5.75 Å². The monoisotopic (exact) mass is 412 g/mol. The molecule has 0 spiro atoms. The van der Waals surface area contributed by atoms with Crippen LogP contribution >= 0.6 is 0 Å². The van der Waals surface area contributed by atoms with E-state index in [2.05, 4.69) is 40.8 Å². The average molecular weight is 413 g/mol. The molecule has 0 saturated carbocycles. The van der Waals surface area contributed by atoms with E-state index in [4.69, 9.17) is 9.15 Å². The van der Waals surface area contributed by atoms with E-state index in [1.165, 1.54) is 0 Å². The number of anilines is 1. The normalized spacial score (nSPS) is 18.3. The van der Waals surface area contributed by atoms with Crippen LogP contribution < -0.4 is 9.64 Å². The zero-order chi connectivity index (χ0) is 20.9. The van der Waals surface area contributed by atoms with Crippen LogP contribution in [0, 0.1) is 0 Å². The van der Waals surface area contributed by atoms with Gasteiger partial charge in [0.15, 0.2) is 0 Å². The lowest BCUT2D eigenvalue weighted by Crippen LogP contribution is -2.46. The number of ether oxygens (including phenoxy) is 1. The van der Waals surface area contributed by atoms with Gasteiger partial charge in [-0.1, -0.05) is 12.1 Å². The number of benzene rings is 1. The number of carbonyl (C=O) groups is 1. The molecule has 0 atom stereocenters. The third-order valence-electron chi connectivity index (χ3n) is 5.67. The second-order valence-corrected chi connectivity index (χ2v) is 8.40. The van der Waals surface area contributed by atoms with Gasteiger partial charge >= 0.3 is 0 Å². The molecule has 0 N–H and O–H groups in total. The van der Waals surface area contributed by atoms with Gasteiger partial charge in [0.25, 0.3) is 0 Å². The molecular formula is C23H32N4O3. The number of amides is 1. The Morgan fingerprint density at radius 2 is 1.87 bits per heavy atom. The van der Waals surface area contributed by atoms with E-state index in [9.17, 15) is 4.79 Å². The molecule has 1 aromatic carbocycles. The highest BCUT2D eigenvalue weighted by molar-refractivity contribution is 5.76. The molecule has 2 aliphatic heterocycles. The lowest BCUT2D eigenvalue weighted by Gasteiger charge is -2.36. The predicted octanol–water partition coefficient (Wildman–Crippen LogP) is 3.30. The molecule has 0 unspecified atom stereocenters. The number of nitrogens with zero attached hydrogens (tertiary/aromatic N) is 4. The fraction of sp³-hybridized carbons (Fsp3) is 0.565. The van der Waals surface area contributed by atoms with Crippen molar-refractivity contribution in [3.05, 3.63) is 42.1 Å². The minimum Gasteiger partial charge on any atom is -0.489 e. The van der Waals surface area contributed by atoms with Crippen molar-refractivity contribution in [1.82, 2.24) is 14.8 Å². The van der Waals surface area contributed by atoms with Gasteiger partial charge < -0.3 is 19.0 Å². The van der Waals surface area contributed by atoms with E-state index in [0.29, 0.717) is 19.5 Å². The van der Waals surface area contributed by atoms with Gasteiger partial charge in [-0.05, 0) is 38.8 Å². The van der Waals surface area contributed by atoms with Crippen LogP contribution in [0.3, 0.4) is 0 Å². The van der Waals surface area contributed by atoms with Gasteiger partial charge in [-0.3, -0.25) is 9.69 Å². The molecule has 0 radical (unpaired) electrons. The van der Waals surface area contributed by atoms with Crippen LogP contribution in [0.15, 0.2) is 34.9 Å². The number of carbonyl (C=O) groups excluding carboxylic acids is 1. The molecule has 0 aliphatic carbocycles. The maximum Gasteiger partial charge on any atom is 0.222 e. The number of rotatable bonds is 7. The summed E-state index contributed by atoms with van der Waals surface area (Å²) in [6.07, 6.45) is 4.59. The number of para-hydroxylation sites is 2. The van der Waals surface area contributed by atoms with Gasteiger partial charge in [0.05, 0.1) is 30.6 Å². The molecule has 30 heavy (non-hydrogen) atoms. The summed E-state index contributed by atoms with van der Waals surface area (Å²) in [5.41, 5.74) is 2.01. The Labute approximate surface area is 178 Å². The first kappa shape index (κ1) is 20.7. The van der Waals surface area contributed by atoms with Gasteiger partial charge in [0, 0.05) is 39.1 Å². The zero-order valence-electron chi connectivity index (χ0n) is 18.0. The van der Waals surface area contributed by atoms with Gasteiger partial charge in [0.2, 0.25) is 11.8 Å². The molecule has 2 saturated heterocycles. The smallest absolute Gasteiger partial charge is 0.222 e. The topological polar surface area (TPSA) is 62.1 Å². The summed E-state index contributed by atoms with van der Waals surface area (Å²) >= 11 is 0. The Hall–Kier alpha value is -2.54. The molecule has 2 aliphatic rings. The van der Waals surface area contributed by atoms with Crippen molar-refractivity contribution in [2.75, 3.05) is 37.6 Å². The second-order valence-electron chi connectivity index (χ2n) is 8.40. The summed E-state index contributed by atoms with van der Waals surface area (Å²) in [6.45, 7) is 9.96. The Morgan fingerprint density at radius 3 is 2.63 bits per heavy atom. The third-order valence-corrected chi connectivity index (χ3v) is 5.67. The molecule has 1 aromatic heterocycles. The first-order chi connectivity index (χ1) is 14.6. The Kier molecular flexibility index (Phi) is 6.57. The van der Waals surface area contributed by atoms with Crippen LogP contribution in [0.2, 0.25) is 0 Å². The van der Waals surface area contributed by atoms with Crippen molar-refractivity contribution >= 4 is 11.6 Å². The Bertz CT molecular complexity index is 842. The predicted molar refractivity (Wildman–Crippen MR) is 115 cm³/mol. The quantitative estimate of drug-likeness (QED) is 0.695. The number of aromatic nitrogens is 1. The van der Waals surface area contributed by atoms with Crippen LogP contribution in [-0.2, 0) is 17.9 Å². The Morgan fingerprint density at radius 1 is 1.07 bits per heavy atom. The number of hydrogen-bond acceptors (Lipinski definition) is 6. The highest BCUT2D eigenvalue weighted by atomic mass is 16.5. The van der Waals surface area contributed by atoms with E-state index < -0.39 is 0 Å². The number of oxazole rings is 1. The molecule has 0 bridgehead atoms. The lowest BCUT2D eigenvalue weighted by atomic mass is 10.1. The van der Waals surface area contributed by atoms with Crippen molar-refractivity contribution in [3.63, 3.8) is 0 Å². The van der Waals surface area contributed by atoms with Crippen molar-refractivity contribution < 1.29 is 13.9 Å². The fourth-order valence-corrected chi connectivity index (χ4v) is 4.13. The Balaban J connectivity index is 1.29.